The minimum absolute atomic E-state index is 0.00605. The lowest BCUT2D eigenvalue weighted by molar-refractivity contribution is -0.140. The molecule has 0 atom stereocenters. The molecule has 2 aromatic heterocycles. The van der Waals surface area contributed by atoms with Crippen LogP contribution in [0.5, 0.6) is 5.75 Å². The second kappa shape index (κ2) is 6.30. The van der Waals surface area contributed by atoms with Crippen LogP contribution in [-0.4, -0.2) is 23.0 Å². The number of oxazole rings is 1. The van der Waals surface area contributed by atoms with Crippen LogP contribution in [0.25, 0.3) is 22.4 Å². The molecule has 26 heavy (non-hydrogen) atoms. The van der Waals surface area contributed by atoms with Crippen molar-refractivity contribution in [2.75, 3.05) is 7.11 Å². The Morgan fingerprint density at radius 1 is 1.23 bits per heavy atom. The van der Waals surface area contributed by atoms with E-state index in [-0.39, 0.29) is 35.2 Å². The summed E-state index contributed by atoms with van der Waals surface area (Å²) in [4.78, 5) is 19.1. The van der Waals surface area contributed by atoms with Crippen molar-refractivity contribution in [3.8, 4) is 17.2 Å². The first-order chi connectivity index (χ1) is 12.3. The number of rotatable bonds is 4. The molecule has 1 aromatic carbocycles. The molecule has 0 saturated heterocycles. The summed E-state index contributed by atoms with van der Waals surface area (Å²) in [5, 5.41) is 0.304. The maximum absolute atomic E-state index is 13.0. The number of ether oxygens (including phenoxy) is 1. The van der Waals surface area contributed by atoms with E-state index in [4.69, 9.17) is 20.6 Å². The van der Waals surface area contributed by atoms with Gasteiger partial charge in [-0.25, -0.2) is 9.97 Å². The molecule has 1 amide bonds. The van der Waals surface area contributed by atoms with Gasteiger partial charge in [-0.1, -0.05) is 0 Å². The average molecular weight is 366 g/mol. The SMILES string of the molecule is COc1ccc(-c2nc(C(N)=O)c(CN)o2)c2ccc(C(F)(F)F)nc12. The number of hydrogen-bond acceptors (Lipinski definition) is 6. The molecule has 0 fully saturated rings. The van der Waals surface area contributed by atoms with Crippen LogP contribution in [0.2, 0.25) is 0 Å². The van der Waals surface area contributed by atoms with Gasteiger partial charge in [0.1, 0.15) is 17.0 Å². The van der Waals surface area contributed by atoms with E-state index in [1.807, 2.05) is 0 Å². The van der Waals surface area contributed by atoms with E-state index in [9.17, 15) is 18.0 Å². The van der Waals surface area contributed by atoms with E-state index in [0.29, 0.717) is 10.9 Å². The van der Waals surface area contributed by atoms with Gasteiger partial charge in [0.2, 0.25) is 5.89 Å². The molecule has 0 aliphatic carbocycles. The van der Waals surface area contributed by atoms with Gasteiger partial charge in [-0.05, 0) is 24.3 Å². The number of nitrogens with zero attached hydrogens (tertiary/aromatic N) is 2. The smallest absolute Gasteiger partial charge is 0.433 e. The molecule has 0 unspecified atom stereocenters. The summed E-state index contributed by atoms with van der Waals surface area (Å²) in [6, 6.07) is 5.04. The fourth-order valence-corrected chi connectivity index (χ4v) is 2.50. The van der Waals surface area contributed by atoms with Crippen molar-refractivity contribution in [2.45, 2.75) is 12.7 Å². The van der Waals surface area contributed by atoms with Crippen LogP contribution in [0, 0.1) is 0 Å². The predicted molar refractivity (Wildman–Crippen MR) is 85.2 cm³/mol. The van der Waals surface area contributed by atoms with E-state index < -0.39 is 17.8 Å². The molecule has 0 saturated carbocycles. The molecule has 2 heterocycles. The van der Waals surface area contributed by atoms with Gasteiger partial charge in [-0.15, -0.1) is 0 Å². The van der Waals surface area contributed by atoms with E-state index in [0.717, 1.165) is 6.07 Å². The molecule has 3 rings (SSSR count). The number of carbonyl (C=O) groups excluding carboxylic acids is 1. The van der Waals surface area contributed by atoms with Crippen molar-refractivity contribution in [3.63, 3.8) is 0 Å². The van der Waals surface area contributed by atoms with Crippen LogP contribution < -0.4 is 16.2 Å². The van der Waals surface area contributed by atoms with Crippen LogP contribution >= 0.6 is 0 Å². The van der Waals surface area contributed by atoms with Crippen LogP contribution in [0.3, 0.4) is 0 Å². The Kier molecular flexibility index (Phi) is 4.28. The predicted octanol–water partition coefficient (Wildman–Crippen LogP) is 2.47. The van der Waals surface area contributed by atoms with Crippen molar-refractivity contribution in [1.29, 1.82) is 0 Å². The van der Waals surface area contributed by atoms with Crippen LogP contribution in [0.1, 0.15) is 21.9 Å². The zero-order valence-corrected chi connectivity index (χ0v) is 13.4. The van der Waals surface area contributed by atoms with Crippen molar-refractivity contribution < 1.29 is 27.1 Å². The Bertz CT molecular complexity index is 998. The summed E-state index contributed by atoms with van der Waals surface area (Å²) in [6.45, 7) is -0.115. The molecule has 0 aliphatic heterocycles. The molecule has 0 bridgehead atoms. The van der Waals surface area contributed by atoms with E-state index in [1.54, 1.807) is 0 Å². The zero-order chi connectivity index (χ0) is 19.1. The Morgan fingerprint density at radius 3 is 2.50 bits per heavy atom. The van der Waals surface area contributed by atoms with Crippen molar-refractivity contribution in [2.24, 2.45) is 11.5 Å². The lowest BCUT2D eigenvalue weighted by atomic mass is 10.1. The molecular formula is C16H13F3N4O3. The van der Waals surface area contributed by atoms with Gasteiger partial charge in [0.05, 0.1) is 13.7 Å². The van der Waals surface area contributed by atoms with Gasteiger partial charge in [0.25, 0.3) is 5.91 Å². The second-order valence-corrected chi connectivity index (χ2v) is 5.26. The topological polar surface area (TPSA) is 117 Å². The number of alkyl halides is 3. The number of fused-ring (bicyclic) bond motifs is 1. The van der Waals surface area contributed by atoms with Gasteiger partial charge in [0.15, 0.2) is 11.5 Å². The van der Waals surface area contributed by atoms with Gasteiger partial charge in [0, 0.05) is 10.9 Å². The quantitative estimate of drug-likeness (QED) is 0.732. The molecule has 7 nitrogen and oxygen atoms in total. The molecule has 4 N–H and O–H groups in total. The van der Waals surface area contributed by atoms with Crippen LogP contribution in [-0.2, 0) is 12.7 Å². The minimum Gasteiger partial charge on any atom is -0.494 e. The summed E-state index contributed by atoms with van der Waals surface area (Å²) >= 11 is 0. The standard InChI is InChI=1S/C16H13F3N4O3/c1-25-9-4-2-8(15-23-13(14(21)24)10(6-20)26-15)7-3-5-11(16(17,18)19)22-12(7)9/h2-5H,6,20H2,1H3,(H2,21,24). The number of nitrogens with two attached hydrogens (primary N) is 2. The van der Waals surface area contributed by atoms with Crippen LogP contribution in [0.4, 0.5) is 13.2 Å². The minimum atomic E-state index is -4.61. The van der Waals surface area contributed by atoms with Crippen molar-refractivity contribution in [3.05, 3.63) is 41.4 Å². The van der Waals surface area contributed by atoms with E-state index >= 15 is 0 Å². The van der Waals surface area contributed by atoms with E-state index in [1.165, 1.54) is 25.3 Å². The average Bonchev–Trinajstić information content (AvgIpc) is 3.04. The highest BCUT2D eigenvalue weighted by Crippen LogP contribution is 2.36. The number of hydrogen-bond donors (Lipinski definition) is 2. The summed E-state index contributed by atoms with van der Waals surface area (Å²) in [5.74, 6) is -0.601. The van der Waals surface area contributed by atoms with Crippen molar-refractivity contribution >= 4 is 16.8 Å². The Balaban J connectivity index is 2.26. The second-order valence-electron chi connectivity index (χ2n) is 5.26. The largest absolute Gasteiger partial charge is 0.494 e. The highest BCUT2D eigenvalue weighted by atomic mass is 19.4. The first-order valence-corrected chi connectivity index (χ1v) is 7.31. The third-order valence-electron chi connectivity index (χ3n) is 3.68. The molecule has 0 aliphatic rings. The monoisotopic (exact) mass is 366 g/mol. The highest BCUT2D eigenvalue weighted by Gasteiger charge is 2.33. The molecule has 0 spiro atoms. The molecule has 0 radical (unpaired) electrons. The number of aromatic nitrogens is 2. The summed E-state index contributed by atoms with van der Waals surface area (Å²) in [7, 11) is 1.32. The fraction of sp³-hybridized carbons (Fsp3) is 0.188. The highest BCUT2D eigenvalue weighted by molar-refractivity contribution is 5.97. The maximum Gasteiger partial charge on any atom is 0.433 e. The van der Waals surface area contributed by atoms with Gasteiger partial charge >= 0.3 is 6.18 Å². The van der Waals surface area contributed by atoms with Gasteiger partial charge in [-0.2, -0.15) is 13.2 Å². The summed E-state index contributed by atoms with van der Waals surface area (Å²) in [6.07, 6.45) is -4.61. The Hall–Kier alpha value is -3.14. The summed E-state index contributed by atoms with van der Waals surface area (Å²) < 4.78 is 49.5. The number of primary amides is 1. The van der Waals surface area contributed by atoms with E-state index in [2.05, 4.69) is 9.97 Å². The number of halogens is 3. The maximum atomic E-state index is 13.0. The molecule has 3 aromatic rings. The number of carbonyl (C=O) groups is 1. The Morgan fingerprint density at radius 2 is 1.96 bits per heavy atom. The van der Waals surface area contributed by atoms with Gasteiger partial charge in [-0.3, -0.25) is 4.79 Å². The number of pyridine rings is 1. The van der Waals surface area contributed by atoms with Crippen LogP contribution in [0.15, 0.2) is 28.7 Å². The Labute approximate surface area is 144 Å². The number of methoxy groups -OCH3 is 1. The normalized spacial score (nSPS) is 11.7. The molecular weight excluding hydrogens is 353 g/mol. The summed E-state index contributed by atoms with van der Waals surface area (Å²) in [5.41, 5.74) is 9.85. The lowest BCUT2D eigenvalue weighted by Gasteiger charge is -2.11. The lowest BCUT2D eigenvalue weighted by Crippen LogP contribution is -2.14. The molecule has 136 valence electrons. The number of benzene rings is 1. The van der Waals surface area contributed by atoms with Crippen molar-refractivity contribution in [1.82, 2.24) is 9.97 Å². The first kappa shape index (κ1) is 17.7. The third-order valence-corrected chi connectivity index (χ3v) is 3.68. The third kappa shape index (κ3) is 2.94. The zero-order valence-electron chi connectivity index (χ0n) is 13.4. The molecule has 10 heteroatoms. The number of amides is 1. The fourth-order valence-electron chi connectivity index (χ4n) is 2.50. The van der Waals surface area contributed by atoms with Gasteiger partial charge < -0.3 is 20.6 Å². The first-order valence-electron chi connectivity index (χ1n) is 7.31.